The predicted octanol–water partition coefficient (Wildman–Crippen LogP) is 5.49. The maximum Gasteiger partial charge on any atom is 0.264 e. The number of hydrazone groups is 1. The van der Waals surface area contributed by atoms with Gasteiger partial charge in [-0.05, 0) is 59.0 Å². The van der Waals surface area contributed by atoms with Crippen LogP contribution >= 0.6 is 0 Å². The molecule has 3 atom stereocenters. The number of nitrogens with zero attached hydrogens (tertiary/aromatic N) is 4. The van der Waals surface area contributed by atoms with Crippen molar-refractivity contribution in [2.45, 2.75) is 57.3 Å². The summed E-state index contributed by atoms with van der Waals surface area (Å²) in [4.78, 5) is 43.7. The third-order valence-corrected chi connectivity index (χ3v) is 10.4. The Labute approximate surface area is 303 Å². The van der Waals surface area contributed by atoms with Gasteiger partial charge in [-0.25, -0.2) is 5.01 Å². The van der Waals surface area contributed by atoms with E-state index in [1.165, 1.54) is 12.1 Å². The van der Waals surface area contributed by atoms with E-state index in [0.717, 1.165) is 28.0 Å². The summed E-state index contributed by atoms with van der Waals surface area (Å²) in [5.74, 6) is -0.900. The molecule has 3 aliphatic rings. The standard InChI is InChI=1S/C42H42N4O6/c1-28(9-8-14-39(48)44-26-32-13-7-6-12-31(32)23-34(44)27-47)42(51)36-24-35(52-2)19-21-38(36)45(41(42)50)25-29-15-17-33(18-16-29)46-40(49)22-20-37(43-46)30-10-4-3-5-11-30/h3-13,15-19,21,24,28,34,47,51H,14,20,22-23,25-27H2,1-2H3/b9-8+/t28-,34+,42+/m1/s1. The molecular formula is C42H42N4O6. The molecule has 0 spiro atoms. The Morgan fingerprint density at radius 3 is 2.44 bits per heavy atom. The molecule has 0 unspecified atom stereocenters. The Hall–Kier alpha value is -5.58. The largest absolute Gasteiger partial charge is 0.497 e. The molecular weight excluding hydrogens is 656 g/mol. The molecule has 0 saturated heterocycles. The lowest BCUT2D eigenvalue weighted by molar-refractivity contribution is -0.139. The van der Waals surface area contributed by atoms with Gasteiger partial charge in [-0.3, -0.25) is 14.4 Å². The summed E-state index contributed by atoms with van der Waals surface area (Å²) in [5, 5.41) is 28.4. The first-order valence-corrected chi connectivity index (χ1v) is 17.6. The molecule has 0 radical (unpaired) electrons. The number of anilines is 2. The van der Waals surface area contributed by atoms with Crippen molar-refractivity contribution in [2.24, 2.45) is 11.0 Å². The van der Waals surface area contributed by atoms with Gasteiger partial charge in [-0.2, -0.15) is 5.10 Å². The SMILES string of the molecule is COc1ccc2c(c1)[C@@](O)([C@H](C)/C=C/CC(=O)N1Cc3ccccc3C[C@H]1CO)C(=O)N2Cc1ccc(N2N=C(c3ccccc3)CCC2=O)cc1. The van der Waals surface area contributed by atoms with Crippen LogP contribution in [0.15, 0.2) is 114 Å². The van der Waals surface area contributed by atoms with Crippen LogP contribution in [0, 0.1) is 5.92 Å². The van der Waals surface area contributed by atoms with Gasteiger partial charge in [0.25, 0.3) is 5.91 Å². The first kappa shape index (κ1) is 34.9. The highest BCUT2D eigenvalue weighted by Gasteiger charge is 2.52. The van der Waals surface area contributed by atoms with Gasteiger partial charge in [0.1, 0.15) is 5.75 Å². The van der Waals surface area contributed by atoms with Gasteiger partial charge in [0.15, 0.2) is 5.60 Å². The number of carbonyl (C=O) groups is 3. The highest BCUT2D eigenvalue weighted by atomic mass is 16.5. The number of aliphatic hydroxyl groups is 2. The van der Waals surface area contributed by atoms with E-state index < -0.39 is 17.4 Å². The van der Waals surface area contributed by atoms with Crippen LogP contribution in [-0.4, -0.2) is 58.3 Å². The third kappa shape index (κ3) is 6.51. The number of hydrogen-bond acceptors (Lipinski definition) is 7. The van der Waals surface area contributed by atoms with Crippen LogP contribution in [0.1, 0.15) is 54.0 Å². The second-order valence-corrected chi connectivity index (χ2v) is 13.6. The molecule has 0 saturated carbocycles. The fourth-order valence-corrected chi connectivity index (χ4v) is 7.40. The van der Waals surface area contributed by atoms with Crippen molar-refractivity contribution in [3.63, 3.8) is 0 Å². The van der Waals surface area contributed by atoms with E-state index in [1.54, 1.807) is 47.1 Å². The molecule has 0 fully saturated rings. The molecule has 0 aromatic heterocycles. The van der Waals surface area contributed by atoms with Crippen LogP contribution in [0.2, 0.25) is 0 Å². The first-order valence-electron chi connectivity index (χ1n) is 17.6. The van der Waals surface area contributed by atoms with Crippen LogP contribution in [0.3, 0.4) is 0 Å². The number of amides is 3. The number of ether oxygens (including phenoxy) is 1. The van der Waals surface area contributed by atoms with Crippen LogP contribution in [0.25, 0.3) is 0 Å². The lowest BCUT2D eigenvalue weighted by Gasteiger charge is -2.36. The first-order chi connectivity index (χ1) is 25.2. The average Bonchev–Trinajstić information content (AvgIpc) is 3.39. The van der Waals surface area contributed by atoms with Gasteiger partial charge in [0.05, 0.1) is 43.4 Å². The summed E-state index contributed by atoms with van der Waals surface area (Å²) in [6.07, 6.45) is 4.98. The van der Waals surface area contributed by atoms with Crippen LogP contribution in [0.4, 0.5) is 11.4 Å². The highest BCUT2D eigenvalue weighted by Crippen LogP contribution is 2.47. The van der Waals surface area contributed by atoms with Crippen molar-refractivity contribution in [2.75, 3.05) is 23.6 Å². The Kier molecular flexibility index (Phi) is 9.77. The molecule has 266 valence electrons. The quantitative estimate of drug-likeness (QED) is 0.211. The fourth-order valence-electron chi connectivity index (χ4n) is 7.40. The molecule has 10 nitrogen and oxygen atoms in total. The Morgan fingerprint density at radius 2 is 1.71 bits per heavy atom. The second-order valence-electron chi connectivity index (χ2n) is 13.6. The monoisotopic (exact) mass is 698 g/mol. The summed E-state index contributed by atoms with van der Waals surface area (Å²) in [6, 6.07) is 30.0. The zero-order valence-corrected chi connectivity index (χ0v) is 29.3. The number of aliphatic hydroxyl groups excluding tert-OH is 1. The van der Waals surface area contributed by atoms with Gasteiger partial charge in [-0.1, -0.05) is 85.8 Å². The number of methoxy groups -OCH3 is 1. The minimum absolute atomic E-state index is 0.0602. The number of hydrogen-bond donors (Lipinski definition) is 2. The zero-order valence-electron chi connectivity index (χ0n) is 29.3. The molecule has 2 N–H and O–H groups in total. The number of benzene rings is 4. The third-order valence-electron chi connectivity index (χ3n) is 10.4. The summed E-state index contributed by atoms with van der Waals surface area (Å²) >= 11 is 0. The molecule has 7 rings (SSSR count). The highest BCUT2D eigenvalue weighted by molar-refractivity contribution is 6.09. The molecule has 3 amide bonds. The second kappa shape index (κ2) is 14.6. The topological polar surface area (TPSA) is 123 Å². The van der Waals surface area contributed by atoms with Crippen LogP contribution in [-0.2, 0) is 39.5 Å². The van der Waals surface area contributed by atoms with Crippen LogP contribution < -0.4 is 14.6 Å². The molecule has 10 heteroatoms. The van der Waals surface area contributed by atoms with Crippen LogP contribution in [0.5, 0.6) is 5.75 Å². The summed E-state index contributed by atoms with van der Waals surface area (Å²) in [7, 11) is 1.53. The van der Waals surface area contributed by atoms with Gasteiger partial charge < -0.3 is 24.7 Å². The molecule has 4 aromatic rings. The minimum Gasteiger partial charge on any atom is -0.497 e. The zero-order chi connectivity index (χ0) is 36.4. The number of fused-ring (bicyclic) bond motifs is 2. The van der Waals surface area contributed by atoms with Crippen molar-refractivity contribution in [1.82, 2.24) is 4.90 Å². The van der Waals surface area contributed by atoms with E-state index in [4.69, 9.17) is 4.74 Å². The van der Waals surface area contributed by atoms with Crippen molar-refractivity contribution in [1.29, 1.82) is 0 Å². The average molecular weight is 699 g/mol. The molecule has 3 heterocycles. The van der Waals surface area contributed by atoms with E-state index in [0.29, 0.717) is 48.5 Å². The van der Waals surface area contributed by atoms with Crippen molar-refractivity contribution in [3.05, 3.63) is 137 Å². The lowest BCUT2D eigenvalue weighted by atomic mass is 9.82. The summed E-state index contributed by atoms with van der Waals surface area (Å²) in [6.45, 7) is 2.23. The maximum atomic E-state index is 14.2. The van der Waals surface area contributed by atoms with E-state index in [9.17, 15) is 24.6 Å². The summed E-state index contributed by atoms with van der Waals surface area (Å²) < 4.78 is 5.47. The molecule has 0 aliphatic carbocycles. The molecule has 0 bridgehead atoms. The van der Waals surface area contributed by atoms with Gasteiger partial charge >= 0.3 is 0 Å². The van der Waals surface area contributed by atoms with Crippen molar-refractivity contribution < 1.29 is 29.3 Å². The minimum atomic E-state index is -1.91. The normalized spacial score (nSPS) is 20.5. The molecule has 3 aliphatic heterocycles. The van der Waals surface area contributed by atoms with Crippen molar-refractivity contribution >= 4 is 34.8 Å². The fraction of sp³-hybridized carbons (Fsp3) is 0.286. The Morgan fingerprint density at radius 1 is 0.981 bits per heavy atom. The number of rotatable bonds is 10. The summed E-state index contributed by atoms with van der Waals surface area (Å²) in [5.41, 5.74) is 4.53. The van der Waals surface area contributed by atoms with Gasteiger partial charge in [0, 0.05) is 37.3 Å². The van der Waals surface area contributed by atoms with Gasteiger partial charge in [0.2, 0.25) is 11.8 Å². The Bertz CT molecular complexity index is 2050. The van der Waals surface area contributed by atoms with Gasteiger partial charge in [-0.15, -0.1) is 0 Å². The number of carbonyl (C=O) groups excluding carboxylic acids is 3. The van der Waals surface area contributed by atoms with E-state index in [1.807, 2.05) is 78.9 Å². The van der Waals surface area contributed by atoms with E-state index in [-0.39, 0.29) is 37.4 Å². The Balaban J connectivity index is 1.08. The smallest absolute Gasteiger partial charge is 0.264 e. The molecule has 4 aromatic carbocycles. The van der Waals surface area contributed by atoms with E-state index in [2.05, 4.69) is 5.10 Å². The maximum absolute atomic E-state index is 14.2. The predicted molar refractivity (Wildman–Crippen MR) is 199 cm³/mol. The van der Waals surface area contributed by atoms with Crippen molar-refractivity contribution in [3.8, 4) is 5.75 Å². The van der Waals surface area contributed by atoms with E-state index >= 15 is 0 Å². The molecule has 52 heavy (non-hydrogen) atoms. The lowest BCUT2D eigenvalue weighted by Crippen LogP contribution is -2.46.